The number of carbonyl (C=O) groups is 1. The Kier molecular flexibility index (Phi) is 4.39. The number of aromatic nitrogens is 1. The first-order chi connectivity index (χ1) is 12.6. The van der Waals surface area contributed by atoms with Crippen molar-refractivity contribution in [3.05, 3.63) is 65.5 Å². The standard InChI is InChI=1S/C21H19FN2O2/c1-14-2-7-19-17(12-14)18(21(25)24-8-10-26-11-9-24)13-20(23-19)15-3-5-16(22)6-4-15/h2-7,12-13H,8-11H2,1H3. The normalized spacial score (nSPS) is 14.6. The molecule has 0 aliphatic carbocycles. The summed E-state index contributed by atoms with van der Waals surface area (Å²) in [5.41, 5.74) is 3.90. The lowest BCUT2D eigenvalue weighted by Gasteiger charge is -2.27. The Balaban J connectivity index is 1.86. The zero-order valence-electron chi connectivity index (χ0n) is 14.5. The number of hydrogen-bond donors (Lipinski definition) is 0. The average molecular weight is 350 g/mol. The van der Waals surface area contributed by atoms with Crippen LogP contribution in [0.3, 0.4) is 0 Å². The minimum atomic E-state index is -0.296. The van der Waals surface area contributed by atoms with Crippen molar-refractivity contribution in [2.24, 2.45) is 0 Å². The molecule has 1 saturated heterocycles. The topological polar surface area (TPSA) is 42.4 Å². The summed E-state index contributed by atoms with van der Waals surface area (Å²) < 4.78 is 18.6. The minimum absolute atomic E-state index is 0.0188. The van der Waals surface area contributed by atoms with Crippen molar-refractivity contribution >= 4 is 16.8 Å². The van der Waals surface area contributed by atoms with Crippen molar-refractivity contribution in [2.45, 2.75) is 6.92 Å². The Bertz CT molecular complexity index is 964. The number of fused-ring (bicyclic) bond motifs is 1. The molecule has 1 aliphatic rings. The molecule has 2 heterocycles. The van der Waals surface area contributed by atoms with Gasteiger partial charge in [-0.1, -0.05) is 11.6 Å². The van der Waals surface area contributed by atoms with Crippen LogP contribution in [0.15, 0.2) is 48.5 Å². The minimum Gasteiger partial charge on any atom is -0.378 e. The van der Waals surface area contributed by atoms with E-state index in [1.165, 1.54) is 12.1 Å². The van der Waals surface area contributed by atoms with E-state index in [0.717, 1.165) is 22.0 Å². The van der Waals surface area contributed by atoms with Crippen LogP contribution in [0.5, 0.6) is 0 Å². The molecule has 3 aromatic rings. The number of carbonyl (C=O) groups excluding carboxylic acids is 1. The monoisotopic (exact) mass is 350 g/mol. The van der Waals surface area contributed by atoms with Crippen LogP contribution in [0, 0.1) is 12.7 Å². The molecule has 5 heteroatoms. The SMILES string of the molecule is Cc1ccc2nc(-c3ccc(F)cc3)cc(C(=O)N3CCOCC3)c2c1. The number of halogens is 1. The van der Waals surface area contributed by atoms with Gasteiger partial charge in [0.2, 0.25) is 0 Å². The Morgan fingerprint density at radius 1 is 1.08 bits per heavy atom. The summed E-state index contributed by atoms with van der Waals surface area (Å²) in [7, 11) is 0. The highest BCUT2D eigenvalue weighted by Gasteiger charge is 2.22. The molecule has 0 N–H and O–H groups in total. The zero-order valence-corrected chi connectivity index (χ0v) is 14.5. The average Bonchev–Trinajstić information content (AvgIpc) is 2.68. The highest BCUT2D eigenvalue weighted by atomic mass is 19.1. The summed E-state index contributed by atoms with van der Waals surface area (Å²) in [6.07, 6.45) is 0. The second-order valence-corrected chi connectivity index (χ2v) is 6.49. The number of ether oxygens (including phenoxy) is 1. The molecule has 26 heavy (non-hydrogen) atoms. The van der Waals surface area contributed by atoms with Gasteiger partial charge >= 0.3 is 0 Å². The van der Waals surface area contributed by atoms with E-state index < -0.39 is 0 Å². The van der Waals surface area contributed by atoms with Crippen molar-refractivity contribution in [1.29, 1.82) is 0 Å². The maximum absolute atomic E-state index is 13.3. The van der Waals surface area contributed by atoms with Crippen LogP contribution in [0.25, 0.3) is 22.2 Å². The molecule has 0 atom stereocenters. The van der Waals surface area contributed by atoms with Crippen LogP contribution in [0.2, 0.25) is 0 Å². The molecular weight excluding hydrogens is 331 g/mol. The molecular formula is C21H19FN2O2. The molecule has 1 fully saturated rings. The van der Waals surface area contributed by atoms with Crippen molar-refractivity contribution < 1.29 is 13.9 Å². The number of morpholine rings is 1. The fourth-order valence-corrected chi connectivity index (χ4v) is 3.22. The van der Waals surface area contributed by atoms with Gasteiger partial charge in [0.1, 0.15) is 5.82 Å². The first kappa shape index (κ1) is 16.7. The van der Waals surface area contributed by atoms with Crippen LogP contribution in [-0.4, -0.2) is 42.1 Å². The van der Waals surface area contributed by atoms with E-state index in [1.54, 1.807) is 12.1 Å². The number of rotatable bonds is 2. The van der Waals surface area contributed by atoms with Crippen molar-refractivity contribution in [2.75, 3.05) is 26.3 Å². The van der Waals surface area contributed by atoms with Gasteiger partial charge in [-0.3, -0.25) is 4.79 Å². The molecule has 4 rings (SSSR count). The lowest BCUT2D eigenvalue weighted by Crippen LogP contribution is -2.40. The van der Waals surface area contributed by atoms with E-state index >= 15 is 0 Å². The third-order valence-electron chi connectivity index (χ3n) is 4.63. The fraction of sp³-hybridized carbons (Fsp3) is 0.238. The lowest BCUT2D eigenvalue weighted by atomic mass is 10.0. The Hall–Kier alpha value is -2.79. The van der Waals surface area contributed by atoms with Crippen LogP contribution in [0.1, 0.15) is 15.9 Å². The van der Waals surface area contributed by atoms with Crippen LogP contribution >= 0.6 is 0 Å². The summed E-state index contributed by atoms with van der Waals surface area (Å²) in [4.78, 5) is 19.6. The molecule has 4 nitrogen and oxygen atoms in total. The number of benzene rings is 2. The summed E-state index contributed by atoms with van der Waals surface area (Å²) in [6.45, 7) is 4.27. The van der Waals surface area contributed by atoms with Gasteiger partial charge in [0.05, 0.1) is 30.0 Å². The third kappa shape index (κ3) is 3.18. The number of pyridine rings is 1. The summed E-state index contributed by atoms with van der Waals surface area (Å²) in [5, 5.41) is 0.840. The lowest BCUT2D eigenvalue weighted by molar-refractivity contribution is 0.0304. The van der Waals surface area contributed by atoms with Gasteiger partial charge in [-0.15, -0.1) is 0 Å². The van der Waals surface area contributed by atoms with E-state index in [-0.39, 0.29) is 11.7 Å². The Labute approximate surface area is 151 Å². The van der Waals surface area contributed by atoms with E-state index in [1.807, 2.05) is 36.1 Å². The quantitative estimate of drug-likeness (QED) is 0.706. The molecule has 0 unspecified atom stereocenters. The second-order valence-electron chi connectivity index (χ2n) is 6.49. The van der Waals surface area contributed by atoms with E-state index in [0.29, 0.717) is 37.6 Å². The van der Waals surface area contributed by atoms with Gasteiger partial charge in [-0.05, 0) is 49.4 Å². The molecule has 0 spiro atoms. The summed E-state index contributed by atoms with van der Waals surface area (Å²) in [6, 6.07) is 13.9. The zero-order chi connectivity index (χ0) is 18.1. The predicted molar refractivity (Wildman–Crippen MR) is 98.6 cm³/mol. The maximum atomic E-state index is 13.3. The highest BCUT2D eigenvalue weighted by molar-refractivity contribution is 6.07. The molecule has 0 bridgehead atoms. The largest absolute Gasteiger partial charge is 0.378 e. The first-order valence-corrected chi connectivity index (χ1v) is 8.66. The van der Waals surface area contributed by atoms with Gasteiger partial charge in [0.15, 0.2) is 0 Å². The molecule has 1 amide bonds. The van der Waals surface area contributed by atoms with E-state index in [2.05, 4.69) is 4.98 Å². The second kappa shape index (κ2) is 6.84. The molecule has 2 aromatic carbocycles. The summed E-state index contributed by atoms with van der Waals surface area (Å²) >= 11 is 0. The Morgan fingerprint density at radius 2 is 1.81 bits per heavy atom. The van der Waals surface area contributed by atoms with E-state index in [9.17, 15) is 9.18 Å². The van der Waals surface area contributed by atoms with Gasteiger partial charge in [0, 0.05) is 24.0 Å². The number of hydrogen-bond acceptors (Lipinski definition) is 3. The van der Waals surface area contributed by atoms with Gasteiger partial charge in [-0.25, -0.2) is 9.37 Å². The third-order valence-corrected chi connectivity index (χ3v) is 4.63. The van der Waals surface area contributed by atoms with Crippen molar-refractivity contribution in [1.82, 2.24) is 9.88 Å². The molecule has 1 aromatic heterocycles. The predicted octanol–water partition coefficient (Wildman–Crippen LogP) is 3.82. The Morgan fingerprint density at radius 3 is 2.54 bits per heavy atom. The van der Waals surface area contributed by atoms with Gasteiger partial charge in [0.25, 0.3) is 5.91 Å². The smallest absolute Gasteiger partial charge is 0.254 e. The van der Waals surface area contributed by atoms with Crippen molar-refractivity contribution in [3.8, 4) is 11.3 Å². The maximum Gasteiger partial charge on any atom is 0.254 e. The number of nitrogens with zero attached hydrogens (tertiary/aromatic N) is 2. The van der Waals surface area contributed by atoms with Crippen LogP contribution in [0.4, 0.5) is 4.39 Å². The van der Waals surface area contributed by atoms with Crippen molar-refractivity contribution in [3.63, 3.8) is 0 Å². The molecule has 0 saturated carbocycles. The van der Waals surface area contributed by atoms with Crippen LogP contribution < -0.4 is 0 Å². The fourth-order valence-electron chi connectivity index (χ4n) is 3.22. The van der Waals surface area contributed by atoms with Crippen LogP contribution in [-0.2, 0) is 4.74 Å². The molecule has 0 radical (unpaired) electrons. The number of aryl methyl sites for hydroxylation is 1. The summed E-state index contributed by atoms with van der Waals surface area (Å²) in [5.74, 6) is -0.315. The van der Waals surface area contributed by atoms with Gasteiger partial charge in [-0.2, -0.15) is 0 Å². The molecule has 132 valence electrons. The highest BCUT2D eigenvalue weighted by Crippen LogP contribution is 2.27. The van der Waals surface area contributed by atoms with E-state index in [4.69, 9.17) is 4.74 Å². The number of amides is 1. The van der Waals surface area contributed by atoms with Gasteiger partial charge < -0.3 is 9.64 Å². The first-order valence-electron chi connectivity index (χ1n) is 8.66. The molecule has 1 aliphatic heterocycles.